The van der Waals surface area contributed by atoms with Crippen LogP contribution in [0.25, 0.3) is 11.0 Å². The Morgan fingerprint density at radius 1 is 1.00 bits per heavy atom. The van der Waals surface area contributed by atoms with Gasteiger partial charge in [0.15, 0.2) is 0 Å². The Labute approximate surface area is 201 Å². The number of fused-ring (bicyclic) bond motifs is 6. The van der Waals surface area contributed by atoms with Gasteiger partial charge in [0.05, 0.1) is 22.3 Å². The molecule has 1 unspecified atom stereocenters. The van der Waals surface area contributed by atoms with Crippen molar-refractivity contribution in [2.24, 2.45) is 0 Å². The molecule has 8 nitrogen and oxygen atoms in total. The Morgan fingerprint density at radius 3 is 2.54 bits per heavy atom. The molecule has 174 valence electrons. The quantitative estimate of drug-likeness (QED) is 0.466. The molecule has 0 aliphatic carbocycles. The maximum atomic E-state index is 13.5. The average molecular weight is 466 g/mol. The largest absolute Gasteiger partial charge is 0.342 e. The van der Waals surface area contributed by atoms with E-state index < -0.39 is 6.17 Å². The molecule has 3 amide bonds. The van der Waals surface area contributed by atoms with Crippen molar-refractivity contribution in [3.63, 3.8) is 0 Å². The first-order valence-corrected chi connectivity index (χ1v) is 11.5. The Balaban J connectivity index is 1.32. The van der Waals surface area contributed by atoms with E-state index in [1.54, 1.807) is 47.4 Å². The van der Waals surface area contributed by atoms with Crippen molar-refractivity contribution < 1.29 is 14.4 Å². The van der Waals surface area contributed by atoms with Gasteiger partial charge < -0.3 is 15.2 Å². The molecule has 35 heavy (non-hydrogen) atoms. The van der Waals surface area contributed by atoms with Gasteiger partial charge in [0, 0.05) is 22.7 Å². The standard InChI is InChI=1S/C27H23N5O3/c1-15(2)24-29-20-12-11-16(13-21(20)30-24)28-23(33)14-31-25-17-7-3-4-8-18(17)27(35)32(25)22-10-6-5-9-19(22)26(31)34/h3-13,15,25H,14H2,1-2H3,(H,28,33)(H,29,30). The zero-order valence-electron chi connectivity index (χ0n) is 19.3. The molecular weight excluding hydrogens is 442 g/mol. The van der Waals surface area contributed by atoms with Crippen LogP contribution < -0.4 is 10.2 Å². The first-order chi connectivity index (χ1) is 16.9. The minimum Gasteiger partial charge on any atom is -0.342 e. The molecule has 2 N–H and O–H groups in total. The van der Waals surface area contributed by atoms with Gasteiger partial charge in [-0.15, -0.1) is 0 Å². The molecule has 8 heteroatoms. The molecule has 6 rings (SSSR count). The lowest BCUT2D eigenvalue weighted by atomic mass is 10.0. The lowest BCUT2D eigenvalue weighted by molar-refractivity contribution is -0.117. The van der Waals surface area contributed by atoms with Crippen molar-refractivity contribution in [1.29, 1.82) is 0 Å². The van der Waals surface area contributed by atoms with Gasteiger partial charge in [-0.2, -0.15) is 0 Å². The highest BCUT2D eigenvalue weighted by molar-refractivity contribution is 6.17. The van der Waals surface area contributed by atoms with Gasteiger partial charge in [-0.1, -0.05) is 44.2 Å². The van der Waals surface area contributed by atoms with Gasteiger partial charge >= 0.3 is 0 Å². The summed E-state index contributed by atoms with van der Waals surface area (Å²) in [6.45, 7) is 3.92. The molecule has 2 aliphatic heterocycles. The SMILES string of the molecule is CC(C)c1nc2ccc(NC(=O)CN3C(=O)c4ccccc4N4C(=O)c5ccccc5C34)cc2[nH]1. The topological polar surface area (TPSA) is 98.4 Å². The minimum atomic E-state index is -0.671. The number of aromatic amines is 1. The number of hydrogen-bond acceptors (Lipinski definition) is 4. The lowest BCUT2D eigenvalue weighted by Gasteiger charge is -2.40. The number of rotatable bonds is 4. The van der Waals surface area contributed by atoms with E-state index in [0.717, 1.165) is 16.9 Å². The van der Waals surface area contributed by atoms with Crippen LogP contribution in [0.4, 0.5) is 11.4 Å². The van der Waals surface area contributed by atoms with Crippen LogP contribution in [0.15, 0.2) is 66.7 Å². The number of carbonyl (C=O) groups is 3. The van der Waals surface area contributed by atoms with E-state index >= 15 is 0 Å². The van der Waals surface area contributed by atoms with Gasteiger partial charge in [0.2, 0.25) is 5.91 Å². The summed E-state index contributed by atoms with van der Waals surface area (Å²) in [4.78, 5) is 50.8. The summed E-state index contributed by atoms with van der Waals surface area (Å²) in [5.74, 6) is 0.324. The fourth-order valence-corrected chi connectivity index (χ4v) is 4.87. The zero-order valence-corrected chi connectivity index (χ0v) is 19.3. The third kappa shape index (κ3) is 3.29. The first-order valence-electron chi connectivity index (χ1n) is 11.5. The number of nitrogens with zero attached hydrogens (tertiary/aromatic N) is 3. The number of aromatic nitrogens is 2. The number of carbonyl (C=O) groups excluding carboxylic acids is 3. The molecule has 3 aromatic carbocycles. The van der Waals surface area contributed by atoms with E-state index in [4.69, 9.17) is 0 Å². The molecule has 0 fully saturated rings. The molecule has 0 saturated carbocycles. The molecule has 0 bridgehead atoms. The van der Waals surface area contributed by atoms with Gasteiger partial charge in [0.1, 0.15) is 18.5 Å². The second-order valence-corrected chi connectivity index (χ2v) is 9.14. The molecule has 0 spiro atoms. The molecule has 3 heterocycles. The number of nitrogens with one attached hydrogen (secondary N) is 2. The van der Waals surface area contributed by atoms with Crippen molar-refractivity contribution in [2.45, 2.75) is 25.9 Å². The van der Waals surface area contributed by atoms with Crippen molar-refractivity contribution in [3.05, 3.63) is 89.2 Å². The summed E-state index contributed by atoms with van der Waals surface area (Å²) in [6.07, 6.45) is -0.671. The van der Waals surface area contributed by atoms with E-state index in [1.807, 2.05) is 24.3 Å². The number of amides is 3. The summed E-state index contributed by atoms with van der Waals surface area (Å²) >= 11 is 0. The highest BCUT2D eigenvalue weighted by Gasteiger charge is 2.48. The van der Waals surface area contributed by atoms with Crippen LogP contribution in [-0.2, 0) is 4.79 Å². The van der Waals surface area contributed by atoms with Crippen LogP contribution >= 0.6 is 0 Å². The molecular formula is C27H23N5O3. The summed E-state index contributed by atoms with van der Waals surface area (Å²) in [6, 6.07) is 19.7. The second kappa shape index (κ2) is 7.80. The van der Waals surface area contributed by atoms with E-state index in [-0.39, 0.29) is 30.2 Å². The summed E-state index contributed by atoms with van der Waals surface area (Å²) < 4.78 is 0. The fourth-order valence-electron chi connectivity index (χ4n) is 4.87. The third-order valence-electron chi connectivity index (χ3n) is 6.53. The number of H-pyrrole nitrogens is 1. The number of para-hydroxylation sites is 1. The van der Waals surface area contributed by atoms with E-state index in [2.05, 4.69) is 29.1 Å². The molecule has 0 saturated heterocycles. The van der Waals surface area contributed by atoms with Gasteiger partial charge in [0.25, 0.3) is 11.8 Å². The average Bonchev–Trinajstić information content (AvgIpc) is 3.41. The highest BCUT2D eigenvalue weighted by atomic mass is 16.2. The first kappa shape index (κ1) is 21.1. The van der Waals surface area contributed by atoms with Gasteiger partial charge in [-0.3, -0.25) is 19.3 Å². The normalized spacial score (nSPS) is 16.5. The Bertz CT molecular complexity index is 1520. The number of anilines is 2. The van der Waals surface area contributed by atoms with Crippen molar-refractivity contribution in [2.75, 3.05) is 16.8 Å². The third-order valence-corrected chi connectivity index (χ3v) is 6.53. The summed E-state index contributed by atoms with van der Waals surface area (Å²) in [5, 5.41) is 2.90. The fraction of sp³-hybridized carbons (Fsp3) is 0.185. The summed E-state index contributed by atoms with van der Waals surface area (Å²) in [5.41, 5.74) is 4.48. The maximum absolute atomic E-state index is 13.5. The predicted octanol–water partition coefficient (Wildman–Crippen LogP) is 4.44. The van der Waals surface area contributed by atoms with Gasteiger partial charge in [-0.05, 0) is 36.4 Å². The predicted molar refractivity (Wildman–Crippen MR) is 132 cm³/mol. The zero-order chi connectivity index (χ0) is 24.3. The number of benzene rings is 3. The second-order valence-electron chi connectivity index (χ2n) is 9.14. The van der Waals surface area contributed by atoms with Crippen molar-refractivity contribution >= 4 is 40.1 Å². The summed E-state index contributed by atoms with van der Waals surface area (Å²) in [7, 11) is 0. The molecule has 2 aliphatic rings. The van der Waals surface area contributed by atoms with E-state index in [1.165, 1.54) is 4.90 Å². The van der Waals surface area contributed by atoms with Crippen LogP contribution in [0.3, 0.4) is 0 Å². The van der Waals surface area contributed by atoms with Crippen LogP contribution in [0, 0.1) is 0 Å². The van der Waals surface area contributed by atoms with Gasteiger partial charge in [-0.25, -0.2) is 4.98 Å². The molecule has 4 aromatic rings. The molecule has 1 aromatic heterocycles. The Morgan fingerprint density at radius 2 is 1.74 bits per heavy atom. The van der Waals surface area contributed by atoms with Crippen LogP contribution in [0.1, 0.15) is 58.0 Å². The van der Waals surface area contributed by atoms with E-state index in [9.17, 15) is 14.4 Å². The van der Waals surface area contributed by atoms with Crippen LogP contribution in [-0.4, -0.2) is 39.1 Å². The monoisotopic (exact) mass is 465 g/mol. The van der Waals surface area contributed by atoms with Crippen molar-refractivity contribution in [3.8, 4) is 0 Å². The smallest absolute Gasteiger partial charge is 0.260 e. The Hall–Kier alpha value is -4.46. The maximum Gasteiger partial charge on any atom is 0.260 e. The number of imidazole rings is 1. The highest BCUT2D eigenvalue weighted by Crippen LogP contribution is 2.45. The van der Waals surface area contributed by atoms with Crippen LogP contribution in [0.2, 0.25) is 0 Å². The van der Waals surface area contributed by atoms with Crippen LogP contribution in [0.5, 0.6) is 0 Å². The molecule has 1 atom stereocenters. The Kier molecular flexibility index (Phi) is 4.70. The van der Waals surface area contributed by atoms with E-state index in [0.29, 0.717) is 28.1 Å². The van der Waals surface area contributed by atoms with Crippen molar-refractivity contribution in [1.82, 2.24) is 14.9 Å². The molecule has 0 radical (unpaired) electrons. The minimum absolute atomic E-state index is 0.179. The lowest BCUT2D eigenvalue weighted by Crippen LogP contribution is -2.50. The number of hydrogen-bond donors (Lipinski definition) is 2.